The highest BCUT2D eigenvalue weighted by Crippen LogP contribution is 2.39. The van der Waals surface area contributed by atoms with Gasteiger partial charge in [0.1, 0.15) is 0 Å². The minimum Gasteiger partial charge on any atom is -0.370 e. The minimum atomic E-state index is 0.232. The molecule has 0 bridgehead atoms. The number of benzene rings is 1. The van der Waals surface area contributed by atoms with Crippen molar-refractivity contribution in [2.24, 2.45) is 10.7 Å². The Balaban J connectivity index is 1.96. The SMILES string of the molecule is NC1=NCC(c2cc(Cl)ccc2Br)N1C1CC1. The van der Waals surface area contributed by atoms with E-state index in [4.69, 9.17) is 17.3 Å². The van der Waals surface area contributed by atoms with Crippen molar-refractivity contribution in [1.29, 1.82) is 0 Å². The van der Waals surface area contributed by atoms with Gasteiger partial charge in [0.25, 0.3) is 0 Å². The lowest BCUT2D eigenvalue weighted by Gasteiger charge is -2.27. The first-order chi connectivity index (χ1) is 8.16. The summed E-state index contributed by atoms with van der Waals surface area (Å²) in [5.74, 6) is 0.671. The second-order valence-electron chi connectivity index (χ2n) is 4.52. The quantitative estimate of drug-likeness (QED) is 0.912. The van der Waals surface area contributed by atoms with Crippen LogP contribution in [-0.2, 0) is 0 Å². The normalized spacial score (nSPS) is 24.0. The Kier molecular flexibility index (Phi) is 2.79. The molecule has 2 aliphatic rings. The summed E-state index contributed by atoms with van der Waals surface area (Å²) in [7, 11) is 0. The monoisotopic (exact) mass is 313 g/mol. The predicted molar refractivity (Wildman–Crippen MR) is 73.2 cm³/mol. The van der Waals surface area contributed by atoms with Crippen molar-refractivity contribution in [2.45, 2.75) is 24.9 Å². The van der Waals surface area contributed by atoms with Crippen LogP contribution in [0.4, 0.5) is 0 Å². The van der Waals surface area contributed by atoms with E-state index >= 15 is 0 Å². The molecule has 17 heavy (non-hydrogen) atoms. The van der Waals surface area contributed by atoms with E-state index in [1.165, 1.54) is 18.4 Å². The lowest BCUT2D eigenvalue weighted by atomic mass is 10.1. The first kappa shape index (κ1) is 11.4. The van der Waals surface area contributed by atoms with Gasteiger partial charge in [-0.2, -0.15) is 0 Å². The van der Waals surface area contributed by atoms with Gasteiger partial charge in [-0.1, -0.05) is 27.5 Å². The number of aliphatic imine (C=N–C) groups is 1. The summed E-state index contributed by atoms with van der Waals surface area (Å²) in [5.41, 5.74) is 7.14. The van der Waals surface area contributed by atoms with Crippen LogP contribution in [0.2, 0.25) is 5.02 Å². The third-order valence-corrected chi connectivity index (χ3v) is 4.24. The Hall–Kier alpha value is -0.740. The van der Waals surface area contributed by atoms with Gasteiger partial charge in [0.05, 0.1) is 12.6 Å². The van der Waals surface area contributed by atoms with Crippen LogP contribution in [0.1, 0.15) is 24.4 Å². The van der Waals surface area contributed by atoms with E-state index in [-0.39, 0.29) is 6.04 Å². The Morgan fingerprint density at radius 3 is 2.88 bits per heavy atom. The topological polar surface area (TPSA) is 41.6 Å². The Bertz CT molecular complexity index is 485. The van der Waals surface area contributed by atoms with Crippen molar-refractivity contribution >= 4 is 33.5 Å². The number of halogens is 2. The van der Waals surface area contributed by atoms with Crippen molar-refractivity contribution < 1.29 is 0 Å². The van der Waals surface area contributed by atoms with E-state index in [0.29, 0.717) is 12.0 Å². The fraction of sp³-hybridized carbons (Fsp3) is 0.417. The second kappa shape index (κ2) is 4.18. The highest BCUT2D eigenvalue weighted by Gasteiger charge is 2.39. The van der Waals surface area contributed by atoms with Crippen LogP contribution in [0.25, 0.3) is 0 Å². The lowest BCUT2D eigenvalue weighted by molar-refractivity contribution is 0.337. The van der Waals surface area contributed by atoms with Gasteiger partial charge in [0.2, 0.25) is 0 Å². The summed E-state index contributed by atoms with van der Waals surface area (Å²) < 4.78 is 1.07. The van der Waals surface area contributed by atoms with Gasteiger partial charge in [-0.15, -0.1) is 0 Å². The fourth-order valence-electron chi connectivity index (χ4n) is 2.32. The molecular weight excluding hydrogens is 302 g/mol. The summed E-state index contributed by atoms with van der Waals surface area (Å²) in [5, 5.41) is 0.754. The van der Waals surface area contributed by atoms with E-state index in [9.17, 15) is 0 Å². The molecule has 0 amide bonds. The second-order valence-corrected chi connectivity index (χ2v) is 5.81. The van der Waals surface area contributed by atoms with Gasteiger partial charge in [-0.25, -0.2) is 0 Å². The third-order valence-electron chi connectivity index (χ3n) is 3.28. The molecule has 1 aliphatic carbocycles. The molecule has 0 saturated heterocycles. The summed E-state index contributed by atoms with van der Waals surface area (Å²) in [6.07, 6.45) is 2.43. The zero-order chi connectivity index (χ0) is 12.0. The van der Waals surface area contributed by atoms with Crippen LogP contribution in [0.5, 0.6) is 0 Å². The first-order valence-electron chi connectivity index (χ1n) is 5.70. The summed E-state index contributed by atoms with van der Waals surface area (Å²) >= 11 is 9.65. The van der Waals surface area contributed by atoms with E-state index in [0.717, 1.165) is 16.0 Å². The average Bonchev–Trinajstić information content (AvgIpc) is 3.06. The maximum atomic E-state index is 6.07. The van der Waals surface area contributed by atoms with Crippen molar-refractivity contribution in [3.05, 3.63) is 33.3 Å². The van der Waals surface area contributed by atoms with Gasteiger partial charge in [-0.3, -0.25) is 4.99 Å². The molecule has 1 unspecified atom stereocenters. The van der Waals surface area contributed by atoms with Crippen molar-refractivity contribution in [1.82, 2.24) is 4.90 Å². The zero-order valence-electron chi connectivity index (χ0n) is 9.24. The highest BCUT2D eigenvalue weighted by molar-refractivity contribution is 9.10. The van der Waals surface area contributed by atoms with Crippen LogP contribution in [0.3, 0.4) is 0 Å². The standard InChI is InChI=1S/C12H13BrClN3/c13-10-4-1-7(14)5-9(10)11-6-16-12(15)17(11)8-2-3-8/h1,4-5,8,11H,2-3,6H2,(H2,15,16). The van der Waals surface area contributed by atoms with E-state index in [2.05, 4.69) is 25.8 Å². The molecule has 1 heterocycles. The van der Waals surface area contributed by atoms with Gasteiger partial charge in [0.15, 0.2) is 5.96 Å². The van der Waals surface area contributed by atoms with E-state index in [1.54, 1.807) is 0 Å². The van der Waals surface area contributed by atoms with Gasteiger partial charge in [0, 0.05) is 15.5 Å². The van der Waals surface area contributed by atoms with Gasteiger partial charge < -0.3 is 10.6 Å². The number of rotatable bonds is 2. The maximum Gasteiger partial charge on any atom is 0.192 e. The van der Waals surface area contributed by atoms with Crippen LogP contribution >= 0.6 is 27.5 Å². The molecule has 1 aromatic rings. The Labute approximate surface area is 114 Å². The Morgan fingerprint density at radius 1 is 1.41 bits per heavy atom. The fourth-order valence-corrected chi connectivity index (χ4v) is 3.01. The Morgan fingerprint density at radius 2 is 2.18 bits per heavy atom. The molecular formula is C12H13BrClN3. The molecule has 1 aromatic carbocycles. The van der Waals surface area contributed by atoms with Gasteiger partial charge in [-0.05, 0) is 36.6 Å². The molecule has 0 radical (unpaired) electrons. The number of guanidine groups is 1. The number of hydrogen-bond donors (Lipinski definition) is 1. The molecule has 1 saturated carbocycles. The highest BCUT2D eigenvalue weighted by atomic mass is 79.9. The third kappa shape index (κ3) is 2.04. The van der Waals surface area contributed by atoms with Crippen LogP contribution < -0.4 is 5.73 Å². The predicted octanol–water partition coefficient (Wildman–Crippen LogP) is 2.94. The molecule has 2 N–H and O–H groups in total. The number of hydrogen-bond acceptors (Lipinski definition) is 3. The summed E-state index contributed by atoms with van der Waals surface area (Å²) in [4.78, 5) is 6.60. The molecule has 0 spiro atoms. The smallest absolute Gasteiger partial charge is 0.192 e. The van der Waals surface area contributed by atoms with E-state index in [1.807, 2.05) is 18.2 Å². The molecule has 1 atom stereocenters. The zero-order valence-corrected chi connectivity index (χ0v) is 11.6. The van der Waals surface area contributed by atoms with Crippen molar-refractivity contribution in [2.75, 3.05) is 6.54 Å². The molecule has 3 rings (SSSR count). The molecule has 90 valence electrons. The van der Waals surface area contributed by atoms with Crippen molar-refractivity contribution in [3.8, 4) is 0 Å². The van der Waals surface area contributed by atoms with Crippen LogP contribution in [-0.4, -0.2) is 23.4 Å². The van der Waals surface area contributed by atoms with Crippen LogP contribution in [0.15, 0.2) is 27.7 Å². The van der Waals surface area contributed by atoms with Gasteiger partial charge >= 0.3 is 0 Å². The first-order valence-corrected chi connectivity index (χ1v) is 6.87. The molecule has 5 heteroatoms. The number of nitrogens with zero attached hydrogens (tertiary/aromatic N) is 2. The number of nitrogens with two attached hydrogens (primary N) is 1. The molecule has 1 aliphatic heterocycles. The maximum absolute atomic E-state index is 6.07. The van der Waals surface area contributed by atoms with Crippen LogP contribution in [0, 0.1) is 0 Å². The summed E-state index contributed by atoms with van der Waals surface area (Å²) in [6.45, 7) is 0.723. The summed E-state index contributed by atoms with van der Waals surface area (Å²) in [6, 6.07) is 6.67. The molecule has 3 nitrogen and oxygen atoms in total. The molecule has 0 aromatic heterocycles. The average molecular weight is 315 g/mol. The largest absolute Gasteiger partial charge is 0.370 e. The van der Waals surface area contributed by atoms with E-state index < -0.39 is 0 Å². The van der Waals surface area contributed by atoms with Crippen molar-refractivity contribution in [3.63, 3.8) is 0 Å². The minimum absolute atomic E-state index is 0.232. The lowest BCUT2D eigenvalue weighted by Crippen LogP contribution is -2.37. The molecule has 1 fully saturated rings.